The van der Waals surface area contributed by atoms with E-state index in [1.165, 1.54) is 22.7 Å². The molecule has 7 nitrogen and oxygen atoms in total. The maximum atomic E-state index is 11.8. The van der Waals surface area contributed by atoms with E-state index in [0.717, 1.165) is 0 Å². The number of carbonyl (C=O) groups is 2. The second kappa shape index (κ2) is 7.07. The van der Waals surface area contributed by atoms with Crippen molar-refractivity contribution in [2.75, 3.05) is 11.9 Å². The van der Waals surface area contributed by atoms with E-state index < -0.39 is 0 Å². The van der Waals surface area contributed by atoms with Gasteiger partial charge >= 0.3 is 0 Å². The van der Waals surface area contributed by atoms with Crippen LogP contribution in [0.1, 0.15) is 10.4 Å². The van der Waals surface area contributed by atoms with Crippen LogP contribution in [0.3, 0.4) is 0 Å². The Bertz CT molecular complexity index is 802. The van der Waals surface area contributed by atoms with Crippen molar-refractivity contribution >= 4 is 39.6 Å². The lowest BCUT2D eigenvalue weighted by atomic mass is 10.3. The molecular formula is C14H11N5O2S2. The first-order chi connectivity index (χ1) is 11.2. The Balaban J connectivity index is 1.54. The fraction of sp³-hybridized carbons (Fsp3) is 0.0714. The summed E-state index contributed by atoms with van der Waals surface area (Å²) in [6.45, 7) is -0.132. The minimum atomic E-state index is -0.364. The lowest BCUT2D eigenvalue weighted by Crippen LogP contribution is -2.32. The number of rotatable bonds is 5. The van der Waals surface area contributed by atoms with Crippen LogP contribution in [0.4, 0.5) is 5.13 Å². The highest BCUT2D eigenvalue weighted by molar-refractivity contribution is 7.18. The maximum absolute atomic E-state index is 11.8. The van der Waals surface area contributed by atoms with Crippen LogP contribution in [0.5, 0.6) is 0 Å². The van der Waals surface area contributed by atoms with Gasteiger partial charge in [-0.15, -0.1) is 10.2 Å². The van der Waals surface area contributed by atoms with E-state index in [-0.39, 0.29) is 18.4 Å². The average molecular weight is 345 g/mol. The molecular weight excluding hydrogens is 334 g/mol. The Morgan fingerprint density at radius 3 is 2.83 bits per heavy atom. The molecule has 9 heteroatoms. The van der Waals surface area contributed by atoms with E-state index in [1.807, 2.05) is 18.2 Å². The van der Waals surface area contributed by atoms with Crippen LogP contribution < -0.4 is 10.6 Å². The van der Waals surface area contributed by atoms with Crippen molar-refractivity contribution in [1.29, 1.82) is 0 Å². The van der Waals surface area contributed by atoms with Crippen molar-refractivity contribution in [2.45, 2.75) is 0 Å². The Morgan fingerprint density at radius 1 is 1.17 bits per heavy atom. The molecule has 23 heavy (non-hydrogen) atoms. The summed E-state index contributed by atoms with van der Waals surface area (Å²) in [4.78, 5) is 27.7. The summed E-state index contributed by atoms with van der Waals surface area (Å²) in [6, 6.07) is 7.17. The average Bonchev–Trinajstić information content (AvgIpc) is 3.25. The molecule has 3 aromatic heterocycles. The summed E-state index contributed by atoms with van der Waals surface area (Å²) in [6.07, 6.45) is 1.66. The number of hydrogen-bond donors (Lipinski definition) is 2. The molecule has 0 aliphatic heterocycles. The Labute approximate surface area is 139 Å². The Morgan fingerprint density at radius 2 is 2.09 bits per heavy atom. The summed E-state index contributed by atoms with van der Waals surface area (Å²) in [5, 5.41) is 17.5. The number of nitrogens with one attached hydrogen (secondary N) is 2. The van der Waals surface area contributed by atoms with Gasteiger partial charge in [0.15, 0.2) is 5.01 Å². The molecule has 0 saturated carbocycles. The van der Waals surface area contributed by atoms with Crippen LogP contribution in [0.25, 0.3) is 10.7 Å². The van der Waals surface area contributed by atoms with E-state index in [0.29, 0.717) is 21.4 Å². The van der Waals surface area contributed by atoms with E-state index in [1.54, 1.807) is 23.0 Å². The van der Waals surface area contributed by atoms with Gasteiger partial charge in [-0.1, -0.05) is 17.4 Å². The van der Waals surface area contributed by atoms with Gasteiger partial charge in [0.1, 0.15) is 5.69 Å². The number of carbonyl (C=O) groups excluding carboxylic acids is 2. The zero-order valence-electron chi connectivity index (χ0n) is 11.7. The molecule has 3 aromatic rings. The first-order valence-electron chi connectivity index (χ1n) is 6.57. The van der Waals surface area contributed by atoms with E-state index in [2.05, 4.69) is 25.8 Å². The molecule has 3 rings (SSSR count). The van der Waals surface area contributed by atoms with Gasteiger partial charge in [0.2, 0.25) is 11.0 Å². The normalized spacial score (nSPS) is 10.3. The van der Waals surface area contributed by atoms with Crippen LogP contribution in [-0.2, 0) is 4.79 Å². The molecule has 0 aromatic carbocycles. The third kappa shape index (κ3) is 3.96. The molecule has 0 aliphatic carbocycles. The molecule has 0 spiro atoms. The summed E-state index contributed by atoms with van der Waals surface area (Å²) in [5.41, 5.74) is 1.23. The second-order valence-electron chi connectivity index (χ2n) is 4.37. The summed E-state index contributed by atoms with van der Waals surface area (Å²) in [7, 11) is 0. The maximum Gasteiger partial charge on any atom is 0.252 e. The van der Waals surface area contributed by atoms with Gasteiger partial charge in [0.05, 0.1) is 6.54 Å². The van der Waals surface area contributed by atoms with Crippen molar-refractivity contribution in [3.05, 3.63) is 46.8 Å². The minimum absolute atomic E-state index is 0.132. The highest BCUT2D eigenvalue weighted by atomic mass is 32.1. The number of hydrogen-bond acceptors (Lipinski definition) is 7. The third-order valence-electron chi connectivity index (χ3n) is 2.75. The Hall–Kier alpha value is -2.65. The van der Waals surface area contributed by atoms with Crippen LogP contribution in [-0.4, -0.2) is 33.5 Å². The molecule has 0 aliphatic rings. The number of nitrogens with zero attached hydrogens (tertiary/aromatic N) is 3. The molecule has 2 N–H and O–H groups in total. The molecule has 116 valence electrons. The van der Waals surface area contributed by atoms with Crippen LogP contribution in [0, 0.1) is 0 Å². The molecule has 2 amide bonds. The van der Waals surface area contributed by atoms with Gasteiger partial charge in [0, 0.05) is 17.1 Å². The van der Waals surface area contributed by atoms with Crippen molar-refractivity contribution in [3.63, 3.8) is 0 Å². The van der Waals surface area contributed by atoms with Crippen molar-refractivity contribution in [1.82, 2.24) is 20.5 Å². The van der Waals surface area contributed by atoms with Crippen LogP contribution >= 0.6 is 22.7 Å². The minimum Gasteiger partial charge on any atom is -0.343 e. The van der Waals surface area contributed by atoms with Gasteiger partial charge in [-0.05, 0) is 23.6 Å². The second-order valence-corrected chi connectivity index (χ2v) is 6.13. The van der Waals surface area contributed by atoms with Gasteiger partial charge in [-0.3, -0.25) is 19.9 Å². The zero-order valence-corrected chi connectivity index (χ0v) is 13.4. The molecule has 0 bridgehead atoms. The fourth-order valence-electron chi connectivity index (χ4n) is 1.69. The third-order valence-corrected chi connectivity index (χ3v) is 4.29. The SMILES string of the molecule is O=C(CNC(=O)c1ccsc1)Nc1nnc(-c2ccccn2)s1. The van der Waals surface area contributed by atoms with Gasteiger partial charge in [-0.2, -0.15) is 11.3 Å². The predicted octanol–water partition coefficient (Wildman–Crippen LogP) is 2.03. The largest absolute Gasteiger partial charge is 0.343 e. The smallest absolute Gasteiger partial charge is 0.252 e. The standard InChI is InChI=1S/C14H11N5O2S2/c20-11(7-16-12(21)9-4-6-22-8-9)17-14-19-18-13(23-14)10-3-1-2-5-15-10/h1-6,8H,7H2,(H,16,21)(H,17,19,20). The monoisotopic (exact) mass is 345 g/mol. The van der Waals surface area contributed by atoms with Crippen molar-refractivity contribution < 1.29 is 9.59 Å². The van der Waals surface area contributed by atoms with E-state index >= 15 is 0 Å². The van der Waals surface area contributed by atoms with Gasteiger partial charge < -0.3 is 5.32 Å². The molecule has 0 saturated heterocycles. The molecule has 0 atom stereocenters. The predicted molar refractivity (Wildman–Crippen MR) is 88.4 cm³/mol. The first kappa shape index (κ1) is 15.3. The van der Waals surface area contributed by atoms with Crippen LogP contribution in [0.2, 0.25) is 0 Å². The van der Waals surface area contributed by atoms with Gasteiger partial charge in [-0.25, -0.2) is 0 Å². The first-order valence-corrected chi connectivity index (χ1v) is 8.33. The quantitative estimate of drug-likeness (QED) is 0.737. The fourth-order valence-corrected chi connectivity index (χ4v) is 3.06. The topological polar surface area (TPSA) is 96.9 Å². The van der Waals surface area contributed by atoms with Crippen molar-refractivity contribution in [3.8, 4) is 10.7 Å². The summed E-state index contributed by atoms with van der Waals surface area (Å²) >= 11 is 2.64. The number of amides is 2. The summed E-state index contributed by atoms with van der Waals surface area (Å²) < 4.78 is 0. The number of thiophene rings is 1. The van der Waals surface area contributed by atoms with Crippen molar-refractivity contribution in [2.24, 2.45) is 0 Å². The lowest BCUT2D eigenvalue weighted by molar-refractivity contribution is -0.115. The summed E-state index contributed by atoms with van der Waals surface area (Å²) in [5.74, 6) is -0.648. The zero-order chi connectivity index (χ0) is 16.1. The molecule has 3 heterocycles. The van der Waals surface area contributed by atoms with Crippen LogP contribution in [0.15, 0.2) is 41.2 Å². The number of aromatic nitrogens is 3. The molecule has 0 unspecified atom stereocenters. The highest BCUT2D eigenvalue weighted by Crippen LogP contribution is 2.24. The lowest BCUT2D eigenvalue weighted by Gasteiger charge is -2.03. The molecule has 0 fully saturated rings. The van der Waals surface area contributed by atoms with Gasteiger partial charge in [0.25, 0.3) is 5.91 Å². The van der Waals surface area contributed by atoms with E-state index in [4.69, 9.17) is 0 Å². The number of anilines is 1. The molecule has 0 radical (unpaired) electrons. The van der Waals surface area contributed by atoms with E-state index in [9.17, 15) is 9.59 Å². The number of pyridine rings is 1. The highest BCUT2D eigenvalue weighted by Gasteiger charge is 2.12. The Kier molecular flexibility index (Phi) is 4.69.